The first-order valence-corrected chi connectivity index (χ1v) is 17.6. The van der Waals surface area contributed by atoms with Gasteiger partial charge >= 0.3 is 7.60 Å². The van der Waals surface area contributed by atoms with Crippen molar-refractivity contribution in [2.45, 2.75) is 97.3 Å². The second-order valence-electron chi connectivity index (χ2n) is 11.0. The van der Waals surface area contributed by atoms with Crippen LogP contribution in [-0.4, -0.2) is 51.8 Å². The molecule has 0 fully saturated rings. The van der Waals surface area contributed by atoms with E-state index in [1.807, 2.05) is 37.3 Å². The van der Waals surface area contributed by atoms with E-state index in [1.165, 1.54) is 51.4 Å². The highest BCUT2D eigenvalue weighted by molar-refractivity contribution is 7.53. The number of nitrogens with zero attached hydrogens (tertiary/aromatic N) is 4. The number of anilines is 2. The Morgan fingerprint density at radius 1 is 0.909 bits per heavy atom. The van der Waals surface area contributed by atoms with Gasteiger partial charge in [-0.25, -0.2) is 4.98 Å². The lowest BCUT2D eigenvalue weighted by Gasteiger charge is -2.21. The Hall–Kier alpha value is -2.82. The number of rotatable bonds is 24. The zero-order valence-corrected chi connectivity index (χ0v) is 27.3. The third-order valence-corrected chi connectivity index (χ3v) is 8.63. The van der Waals surface area contributed by atoms with E-state index in [9.17, 15) is 4.57 Å². The van der Waals surface area contributed by atoms with Gasteiger partial charge in [-0.15, -0.1) is 0 Å². The first kappa shape index (κ1) is 35.7. The predicted molar refractivity (Wildman–Crippen MR) is 176 cm³/mol. The summed E-state index contributed by atoms with van der Waals surface area (Å²) in [6.07, 6.45) is 17.8. The molecule has 0 aliphatic rings. The largest absolute Gasteiger partial charge is 0.382 e. The molecule has 0 amide bonds. The van der Waals surface area contributed by atoms with Crippen LogP contribution in [-0.2, 0) is 36.2 Å². The van der Waals surface area contributed by atoms with Gasteiger partial charge in [0.15, 0.2) is 11.5 Å². The van der Waals surface area contributed by atoms with Gasteiger partial charge in [0.2, 0.25) is 5.95 Å². The molecule has 2 heterocycles. The zero-order chi connectivity index (χ0) is 31.5. The Morgan fingerprint density at radius 2 is 1.64 bits per heavy atom. The minimum atomic E-state index is -3.58. The lowest BCUT2D eigenvalue weighted by Crippen LogP contribution is -2.19. The monoisotopic (exact) mass is 630 g/mol. The molecule has 3 rings (SSSR count). The van der Waals surface area contributed by atoms with Crippen molar-refractivity contribution >= 4 is 30.5 Å². The third-order valence-electron chi connectivity index (χ3n) is 7.07. The molecule has 44 heavy (non-hydrogen) atoms. The van der Waals surface area contributed by atoms with Gasteiger partial charge in [0, 0.05) is 6.61 Å². The van der Waals surface area contributed by atoms with Gasteiger partial charge in [-0.2, -0.15) is 9.97 Å². The van der Waals surface area contributed by atoms with Crippen LogP contribution >= 0.6 is 7.60 Å². The first-order valence-electron chi connectivity index (χ1n) is 15.9. The number of hydrogen-bond acceptors (Lipinski definition) is 10. The summed E-state index contributed by atoms with van der Waals surface area (Å²) < 4.78 is 38.7. The molecular weight excluding hydrogens is 579 g/mol. The molecule has 1 unspecified atom stereocenters. The van der Waals surface area contributed by atoms with Gasteiger partial charge in [0.05, 0.1) is 38.8 Å². The maximum Gasteiger partial charge on any atom is 0.356 e. The van der Waals surface area contributed by atoms with Crippen LogP contribution in [0.1, 0.15) is 83.6 Å². The smallest absolute Gasteiger partial charge is 0.356 e. The van der Waals surface area contributed by atoms with E-state index in [4.69, 9.17) is 30.0 Å². The summed E-state index contributed by atoms with van der Waals surface area (Å²) in [6.45, 7) is 5.75. The third kappa shape index (κ3) is 13.4. The quantitative estimate of drug-likeness (QED) is 0.0587. The molecule has 3 aromatic rings. The number of fused-ring (bicyclic) bond motifs is 1. The van der Waals surface area contributed by atoms with Crippen molar-refractivity contribution < 1.29 is 23.1 Å². The maximum atomic E-state index is 13.6. The molecule has 0 saturated heterocycles. The van der Waals surface area contributed by atoms with Crippen LogP contribution < -0.4 is 11.5 Å². The second-order valence-corrected chi connectivity index (χ2v) is 13.0. The summed E-state index contributed by atoms with van der Waals surface area (Å²) in [5.74, 6) is 0.280. The van der Waals surface area contributed by atoms with E-state index in [2.05, 4.69) is 34.0 Å². The van der Waals surface area contributed by atoms with E-state index in [0.717, 1.165) is 18.4 Å². The number of ether oxygens (including phenoxy) is 2. The number of benzene rings is 1. The Kier molecular flexibility index (Phi) is 16.4. The summed E-state index contributed by atoms with van der Waals surface area (Å²) in [5, 5.41) is 0. The van der Waals surface area contributed by atoms with E-state index in [1.54, 1.807) is 10.9 Å². The molecule has 11 nitrogen and oxygen atoms in total. The van der Waals surface area contributed by atoms with Crippen LogP contribution in [0.4, 0.5) is 11.8 Å². The van der Waals surface area contributed by atoms with Crippen molar-refractivity contribution in [3.8, 4) is 0 Å². The number of aromatic nitrogens is 4. The molecule has 12 heteroatoms. The molecule has 244 valence electrons. The van der Waals surface area contributed by atoms with Gasteiger partial charge in [-0.05, 0) is 38.2 Å². The van der Waals surface area contributed by atoms with Crippen LogP contribution in [0.3, 0.4) is 0 Å². The zero-order valence-electron chi connectivity index (χ0n) is 26.4. The molecule has 4 N–H and O–H groups in total. The Bertz CT molecular complexity index is 1290. The number of nitrogens with two attached hydrogens (primary N) is 2. The van der Waals surface area contributed by atoms with Crippen LogP contribution in [0.25, 0.3) is 11.2 Å². The molecule has 0 spiro atoms. The summed E-state index contributed by atoms with van der Waals surface area (Å²) in [7, 11) is -3.58. The lowest BCUT2D eigenvalue weighted by molar-refractivity contribution is 0.0530. The summed E-state index contributed by atoms with van der Waals surface area (Å²) in [6, 6.07) is 9.55. The SMILES string of the molecule is CCCC/C=C\CCCCCCCCOCCOP(=O)(CO[C@H](C)Cn1cnc2c(N)nc(N)nc21)OCc1ccccc1. The number of nitrogen functional groups attached to an aromatic ring is 2. The minimum absolute atomic E-state index is 0.0661. The fraction of sp³-hybridized carbons (Fsp3) is 0.594. The van der Waals surface area contributed by atoms with Gasteiger partial charge in [0.1, 0.15) is 11.9 Å². The van der Waals surface area contributed by atoms with Crippen molar-refractivity contribution in [3.63, 3.8) is 0 Å². The van der Waals surface area contributed by atoms with Crippen molar-refractivity contribution in [2.24, 2.45) is 0 Å². The highest BCUT2D eigenvalue weighted by Gasteiger charge is 2.27. The van der Waals surface area contributed by atoms with Crippen molar-refractivity contribution in [1.82, 2.24) is 19.5 Å². The number of allylic oxidation sites excluding steroid dienone is 2. The fourth-order valence-electron chi connectivity index (χ4n) is 4.59. The molecule has 2 atom stereocenters. The van der Waals surface area contributed by atoms with Crippen LogP contribution in [0.2, 0.25) is 0 Å². The maximum absolute atomic E-state index is 13.6. The number of unbranched alkanes of at least 4 members (excludes halogenated alkanes) is 8. The molecule has 1 aromatic carbocycles. The standard InChI is InChI=1S/C32H51N6O5P/c1-3-4-5-6-7-8-9-10-11-12-13-17-20-40-21-22-42-44(39,43-24-28-18-15-14-16-19-28)26-41-27(2)23-38-25-35-29-30(33)36-32(34)37-31(29)38/h6-7,14-16,18-19,25,27H,3-5,8-13,17,20-24,26H2,1-2H3,(H4,33,34,36,37)/b7-6-/t27-,44?/m1/s1. The molecule has 0 aliphatic heterocycles. The Labute approximate surface area is 262 Å². The van der Waals surface area contributed by atoms with Gasteiger partial charge in [-0.3, -0.25) is 4.57 Å². The van der Waals surface area contributed by atoms with Crippen LogP contribution in [0, 0.1) is 0 Å². The first-order chi connectivity index (χ1) is 21.4. The molecule has 0 aliphatic carbocycles. The average Bonchev–Trinajstić information content (AvgIpc) is 3.42. The van der Waals surface area contributed by atoms with Gasteiger partial charge in [0.25, 0.3) is 0 Å². The number of hydrogen-bond donors (Lipinski definition) is 2. The summed E-state index contributed by atoms with van der Waals surface area (Å²) in [4.78, 5) is 12.5. The molecule has 0 saturated carbocycles. The fourth-order valence-corrected chi connectivity index (χ4v) is 5.95. The highest BCUT2D eigenvalue weighted by Crippen LogP contribution is 2.49. The van der Waals surface area contributed by atoms with E-state index in [-0.39, 0.29) is 37.4 Å². The van der Waals surface area contributed by atoms with E-state index < -0.39 is 7.60 Å². The molecule has 0 radical (unpaired) electrons. The normalized spacial score (nSPS) is 14.0. The van der Waals surface area contributed by atoms with E-state index in [0.29, 0.717) is 30.9 Å². The highest BCUT2D eigenvalue weighted by atomic mass is 31.2. The van der Waals surface area contributed by atoms with Crippen LogP contribution in [0.15, 0.2) is 48.8 Å². The molecule has 0 bridgehead atoms. The Morgan fingerprint density at radius 3 is 2.41 bits per heavy atom. The topological polar surface area (TPSA) is 150 Å². The average molecular weight is 631 g/mol. The predicted octanol–water partition coefficient (Wildman–Crippen LogP) is 7.27. The summed E-state index contributed by atoms with van der Waals surface area (Å²) in [5.41, 5.74) is 13.5. The van der Waals surface area contributed by atoms with Crippen molar-refractivity contribution in [3.05, 3.63) is 54.4 Å². The second kappa shape index (κ2) is 20.3. The van der Waals surface area contributed by atoms with Crippen LogP contribution in [0.5, 0.6) is 0 Å². The minimum Gasteiger partial charge on any atom is -0.382 e. The Balaban J connectivity index is 1.36. The lowest BCUT2D eigenvalue weighted by atomic mass is 10.1. The molecular formula is C32H51N6O5P. The van der Waals surface area contributed by atoms with Gasteiger partial charge < -0.3 is 34.6 Å². The summed E-state index contributed by atoms with van der Waals surface area (Å²) >= 11 is 0. The van der Waals surface area contributed by atoms with Crippen molar-refractivity contribution in [1.29, 1.82) is 0 Å². The molecule has 2 aromatic heterocycles. The van der Waals surface area contributed by atoms with E-state index >= 15 is 0 Å². The van der Waals surface area contributed by atoms with Crippen molar-refractivity contribution in [2.75, 3.05) is 37.6 Å². The number of imidazole rings is 1. The van der Waals surface area contributed by atoms with Gasteiger partial charge in [-0.1, -0.05) is 87.9 Å².